The van der Waals surface area contributed by atoms with Crippen LogP contribution in [-0.2, 0) is 37.0 Å². The Morgan fingerprint density at radius 2 is 0.952 bits per heavy atom. The highest BCUT2D eigenvalue weighted by Crippen LogP contribution is 2.44. The highest BCUT2D eigenvalue weighted by Gasteiger charge is 2.57. The third-order valence-electron chi connectivity index (χ3n) is 12.7. The lowest BCUT2D eigenvalue weighted by Gasteiger charge is -2.37. The molecule has 0 radical (unpaired) electrons. The Balaban J connectivity index is 0.000000249. The van der Waals surface area contributed by atoms with Crippen LogP contribution in [0.15, 0.2) is 165 Å². The average Bonchev–Trinajstić information content (AvgIpc) is 3.49. The number of aliphatic hydroxyl groups is 3. The van der Waals surface area contributed by atoms with E-state index in [-0.39, 0.29) is 26.3 Å². The fraction of sp³-hybridized carbons (Fsp3) is 0.232. The highest BCUT2D eigenvalue weighted by molar-refractivity contribution is 5.99. The molecule has 2 aromatic heterocycles. The van der Waals surface area contributed by atoms with Gasteiger partial charge >= 0.3 is 6.09 Å². The number of H-pyrrole nitrogens is 2. The van der Waals surface area contributed by atoms with Gasteiger partial charge in [0.15, 0.2) is 17.0 Å². The molecular weight excluding hydrogens is 1040 g/mol. The van der Waals surface area contributed by atoms with Crippen LogP contribution in [0, 0.1) is 82.9 Å². The Morgan fingerprint density at radius 1 is 0.590 bits per heavy atom. The van der Waals surface area contributed by atoms with Gasteiger partial charge in [0.2, 0.25) is 0 Å². The van der Waals surface area contributed by atoms with Crippen LogP contribution < -0.4 is 0 Å². The van der Waals surface area contributed by atoms with Gasteiger partial charge in [-0.25, -0.2) is 19.7 Å². The molecule has 8 rings (SSSR count). The Morgan fingerprint density at radius 3 is 1.33 bits per heavy atom. The van der Waals surface area contributed by atoms with E-state index in [1.54, 1.807) is 27.7 Å². The van der Waals surface area contributed by atoms with E-state index in [0.29, 0.717) is 5.69 Å². The molecule has 1 fully saturated rings. The Labute approximate surface area is 486 Å². The quantitative estimate of drug-likeness (QED) is 0.0577. The molecule has 14 nitrogen and oxygen atoms in total. The van der Waals surface area contributed by atoms with Gasteiger partial charge < -0.3 is 39.5 Å². The maximum Gasteiger partial charge on any atom is 0.417 e. The standard InChI is InChI=1S/C31H31N3O5.C21H22N2O4.C16H6.CH4/c1-30(2)26(24-12-8-5-9-13-24)34(29(37)39-30)28(36)31(3,27(35)25-18-32-20-33-25)38-19-21-14-16-23(17-15-21)22-10-6-4-7-11-22;1-21(19(25)12-24,20(26)18-11-22-14-23-18)27-13-15-7-9-17(10-8-15)16-5-3-2-4-6-16;1-3-5-7-9-11-13-15-16-14-12-10-8-6-4-2;/h4-18,20,26-27,35H,19H2,1-3H3,(H,32,33);2-11,14,20,24,26H,12-13H2,1H3,(H,22,23);1-2H3;1H4/t26-,27-,31-;20-,21+;;/m00../s1. The zero-order chi connectivity index (χ0) is 58.8. The monoisotopic (exact) mass is 1110 g/mol. The van der Waals surface area contributed by atoms with E-state index in [0.717, 1.165) is 43.8 Å². The number of hydrogen-bond acceptors (Lipinski definition) is 11. The minimum atomic E-state index is -1.85. The summed E-state index contributed by atoms with van der Waals surface area (Å²) in [7, 11) is 0. The first-order valence-corrected chi connectivity index (χ1v) is 25.6. The first kappa shape index (κ1) is 63.7. The van der Waals surface area contributed by atoms with E-state index in [4.69, 9.17) is 14.2 Å². The molecule has 5 atom stereocenters. The van der Waals surface area contributed by atoms with Crippen LogP contribution in [0.4, 0.5) is 4.79 Å². The van der Waals surface area contributed by atoms with Crippen molar-refractivity contribution in [2.45, 2.75) is 97.2 Å². The van der Waals surface area contributed by atoms with E-state index in [1.165, 1.54) is 38.9 Å². The summed E-state index contributed by atoms with van der Waals surface area (Å²) >= 11 is 0. The molecule has 5 aromatic carbocycles. The number of ketones is 1. The maximum absolute atomic E-state index is 14.3. The van der Waals surface area contributed by atoms with Crippen LogP contribution in [0.25, 0.3) is 22.3 Å². The van der Waals surface area contributed by atoms with Crippen LogP contribution in [0.2, 0.25) is 0 Å². The molecule has 1 aliphatic heterocycles. The minimum Gasteiger partial charge on any atom is -0.440 e. The van der Waals surface area contributed by atoms with Crippen LogP contribution in [0.3, 0.4) is 0 Å². The lowest BCUT2D eigenvalue weighted by Crippen LogP contribution is -2.54. The molecule has 0 unspecified atom stereocenters. The molecule has 7 aromatic rings. The summed E-state index contributed by atoms with van der Waals surface area (Å²) < 4.78 is 17.7. The van der Waals surface area contributed by atoms with Crippen LogP contribution in [0.1, 0.15) is 95.3 Å². The molecule has 5 N–H and O–H groups in total. The predicted molar refractivity (Wildman–Crippen MR) is 318 cm³/mol. The molecule has 0 aliphatic carbocycles. The molecule has 83 heavy (non-hydrogen) atoms. The van der Waals surface area contributed by atoms with Gasteiger partial charge in [0, 0.05) is 0 Å². The molecule has 0 spiro atoms. The summed E-state index contributed by atoms with van der Waals surface area (Å²) in [5, 5.41) is 31.3. The third kappa shape index (κ3) is 17.4. The van der Waals surface area contributed by atoms with Crippen molar-refractivity contribution in [1.82, 2.24) is 24.8 Å². The first-order valence-electron chi connectivity index (χ1n) is 25.6. The van der Waals surface area contributed by atoms with Gasteiger partial charge in [0.25, 0.3) is 5.91 Å². The SMILES string of the molecule is C.CC#CC#CC#CC#CC#CC#CC#CC.CC1(C)OC(=O)N(C(=O)[C@@](C)(OCc2ccc(-c3ccccc3)cc2)[C@@H](O)c2cnc[nH]2)[C@H]1c1ccccc1.C[C@@](OCc1ccc(-c2ccccc2)cc1)(C(=O)CO)[C@@H](O)c1cnc[nH]1. The number of carbonyl (C=O) groups is 3. The highest BCUT2D eigenvalue weighted by atomic mass is 16.6. The molecule has 1 saturated heterocycles. The Kier molecular flexibility index (Phi) is 24.2. The van der Waals surface area contributed by atoms with E-state index < -0.39 is 59.4 Å². The molecule has 3 heterocycles. The largest absolute Gasteiger partial charge is 0.440 e. The van der Waals surface area contributed by atoms with E-state index in [9.17, 15) is 29.7 Å². The number of carbonyl (C=O) groups excluding carboxylic acids is 3. The van der Waals surface area contributed by atoms with E-state index in [1.807, 2.05) is 140 Å². The fourth-order valence-corrected chi connectivity index (χ4v) is 8.28. The number of ether oxygens (including phenoxy) is 3. The number of nitrogens with zero attached hydrogens (tertiary/aromatic N) is 3. The fourth-order valence-electron chi connectivity index (χ4n) is 8.28. The summed E-state index contributed by atoms with van der Waals surface area (Å²) in [4.78, 5) is 54.2. The molecule has 0 saturated carbocycles. The number of hydrogen-bond donors (Lipinski definition) is 5. The summed E-state index contributed by atoms with van der Waals surface area (Å²) in [6.45, 7) is 9.29. The van der Waals surface area contributed by atoms with Crippen LogP contribution in [0.5, 0.6) is 0 Å². The van der Waals surface area contributed by atoms with Crippen molar-refractivity contribution >= 4 is 17.8 Å². The van der Waals surface area contributed by atoms with Crippen molar-refractivity contribution in [3.8, 4) is 105 Å². The zero-order valence-corrected chi connectivity index (χ0v) is 46.1. The second kappa shape index (κ2) is 31.6. The lowest BCUT2D eigenvalue weighted by molar-refractivity contribution is -0.175. The van der Waals surface area contributed by atoms with Gasteiger partial charge in [-0.05, 0) is 152 Å². The zero-order valence-electron chi connectivity index (χ0n) is 46.1. The van der Waals surface area contributed by atoms with Gasteiger partial charge in [0.1, 0.15) is 30.5 Å². The molecule has 14 heteroatoms. The predicted octanol–water partition coefficient (Wildman–Crippen LogP) is 9.92. The molecule has 0 bridgehead atoms. The summed E-state index contributed by atoms with van der Waals surface area (Å²) in [6.07, 6.45) is 2.15. The maximum atomic E-state index is 14.3. The Bertz CT molecular complexity index is 3650. The number of cyclic esters (lactones) is 1. The van der Waals surface area contributed by atoms with Gasteiger partial charge in [-0.15, -0.1) is 0 Å². The number of nitrogens with one attached hydrogen (secondary N) is 2. The van der Waals surface area contributed by atoms with Crippen molar-refractivity contribution in [1.29, 1.82) is 0 Å². The molecular formula is C69H63N5O9. The van der Waals surface area contributed by atoms with Gasteiger partial charge in [-0.3, -0.25) is 9.59 Å². The third-order valence-corrected chi connectivity index (χ3v) is 12.7. The molecule has 1 aliphatic rings. The van der Waals surface area contributed by atoms with Crippen molar-refractivity contribution in [3.05, 3.63) is 193 Å². The van der Waals surface area contributed by atoms with Gasteiger partial charge in [-0.2, -0.15) is 0 Å². The number of benzene rings is 5. The number of rotatable bonds is 16. The van der Waals surface area contributed by atoms with Crippen molar-refractivity contribution < 1.29 is 43.9 Å². The minimum absolute atomic E-state index is 0. The average molecular weight is 1110 g/mol. The molecule has 418 valence electrons. The number of imidazole rings is 2. The summed E-state index contributed by atoms with van der Waals surface area (Å²) in [5.41, 5.74) is 2.88. The van der Waals surface area contributed by atoms with Gasteiger partial charge in [0.05, 0.1) is 49.6 Å². The van der Waals surface area contributed by atoms with E-state index in [2.05, 4.69) is 103 Å². The first-order chi connectivity index (χ1) is 39.7. The second-order valence-corrected chi connectivity index (χ2v) is 18.8. The summed E-state index contributed by atoms with van der Waals surface area (Å²) in [6, 6.07) is 44.0. The number of imide groups is 1. The number of aromatic nitrogens is 4. The number of aromatic amines is 2. The normalized spacial score (nSPS) is 14.3. The number of amides is 2. The number of Topliss-reactive ketones (excluding diaryl/α,β-unsaturated/α-hetero) is 1. The van der Waals surface area contributed by atoms with Crippen molar-refractivity contribution in [2.75, 3.05) is 6.61 Å². The topological polar surface area (TPSA) is 200 Å². The van der Waals surface area contributed by atoms with Crippen molar-refractivity contribution in [2.24, 2.45) is 0 Å². The number of aliphatic hydroxyl groups excluding tert-OH is 3. The second-order valence-electron chi connectivity index (χ2n) is 18.8. The summed E-state index contributed by atoms with van der Waals surface area (Å²) in [5.74, 6) is 34.3. The van der Waals surface area contributed by atoms with Crippen molar-refractivity contribution in [3.63, 3.8) is 0 Å². The van der Waals surface area contributed by atoms with Gasteiger partial charge in [-0.1, -0.05) is 159 Å². The lowest BCUT2D eigenvalue weighted by atomic mass is 9.88. The Hall–Kier alpha value is -10.2. The van der Waals surface area contributed by atoms with E-state index >= 15 is 0 Å². The molecule has 2 amide bonds. The smallest absolute Gasteiger partial charge is 0.417 e. The van der Waals surface area contributed by atoms with Crippen LogP contribution >= 0.6 is 0 Å². The van der Waals surface area contributed by atoms with Crippen LogP contribution in [-0.4, -0.2) is 81.3 Å².